The van der Waals surface area contributed by atoms with Gasteiger partial charge < -0.3 is 5.11 Å². The normalized spacial score (nSPS) is 22.0. The Balaban J connectivity index is 1.92. The van der Waals surface area contributed by atoms with E-state index in [2.05, 4.69) is 30.5 Å². The van der Waals surface area contributed by atoms with Gasteiger partial charge in [0.25, 0.3) is 0 Å². The van der Waals surface area contributed by atoms with Crippen molar-refractivity contribution in [1.82, 2.24) is 14.6 Å². The minimum absolute atomic E-state index is 0.311. The number of aliphatic hydroxyl groups excluding tert-OH is 1. The van der Waals surface area contributed by atoms with E-state index in [4.69, 9.17) is 10.1 Å². The van der Waals surface area contributed by atoms with Crippen molar-refractivity contribution in [1.29, 1.82) is 0 Å². The van der Waals surface area contributed by atoms with Crippen LogP contribution in [0.3, 0.4) is 0 Å². The first-order valence-corrected chi connectivity index (χ1v) is 9.68. The Bertz CT molecular complexity index is 664. The average molecular weight is 329 g/mol. The molecule has 1 unspecified atom stereocenters. The van der Waals surface area contributed by atoms with Crippen molar-refractivity contribution in [2.75, 3.05) is 6.61 Å². The summed E-state index contributed by atoms with van der Waals surface area (Å²) in [5.41, 5.74) is 4.57. The Morgan fingerprint density at radius 1 is 1.25 bits per heavy atom. The second-order valence-electron chi connectivity index (χ2n) is 7.43. The van der Waals surface area contributed by atoms with Crippen molar-refractivity contribution in [3.05, 3.63) is 29.2 Å². The zero-order valence-electron chi connectivity index (χ0n) is 15.2. The minimum atomic E-state index is 0.311. The third-order valence-electron chi connectivity index (χ3n) is 5.41. The molecule has 132 valence electrons. The molecule has 0 saturated heterocycles. The Labute approximate surface area is 145 Å². The number of rotatable bonds is 6. The van der Waals surface area contributed by atoms with Gasteiger partial charge in [0, 0.05) is 30.0 Å². The summed E-state index contributed by atoms with van der Waals surface area (Å²) < 4.78 is 2.10. The lowest BCUT2D eigenvalue weighted by molar-refractivity contribution is 0.244. The van der Waals surface area contributed by atoms with Crippen LogP contribution in [0.5, 0.6) is 0 Å². The van der Waals surface area contributed by atoms with E-state index in [1.807, 2.05) is 0 Å². The van der Waals surface area contributed by atoms with Gasteiger partial charge in [0.2, 0.25) is 0 Å². The van der Waals surface area contributed by atoms with Gasteiger partial charge in [0.05, 0.1) is 5.69 Å². The number of hydrogen-bond acceptors (Lipinski definition) is 3. The number of unbranched alkanes of at least 4 members (excludes halogenated alkanes) is 1. The fourth-order valence-corrected chi connectivity index (χ4v) is 4.12. The summed E-state index contributed by atoms with van der Waals surface area (Å²) in [5, 5.41) is 14.2. The van der Waals surface area contributed by atoms with Crippen LogP contribution in [0.2, 0.25) is 0 Å². The molecule has 2 aromatic rings. The number of aliphatic hydroxyl groups is 1. The maximum Gasteiger partial charge on any atom is 0.155 e. The van der Waals surface area contributed by atoms with Crippen LogP contribution < -0.4 is 0 Å². The first-order valence-electron chi connectivity index (χ1n) is 9.68. The first kappa shape index (κ1) is 17.4. The van der Waals surface area contributed by atoms with E-state index in [1.54, 1.807) is 0 Å². The lowest BCUT2D eigenvalue weighted by Gasteiger charge is -2.20. The second-order valence-corrected chi connectivity index (χ2v) is 7.43. The zero-order valence-corrected chi connectivity index (χ0v) is 15.2. The van der Waals surface area contributed by atoms with Crippen molar-refractivity contribution in [3.63, 3.8) is 0 Å². The minimum Gasteiger partial charge on any atom is -0.396 e. The van der Waals surface area contributed by atoms with Gasteiger partial charge in [-0.25, -0.2) is 9.50 Å². The first-order chi connectivity index (χ1) is 11.7. The lowest BCUT2D eigenvalue weighted by atomic mass is 9.88. The SMILES string of the molecule is CCCCc1cc2nc(C)cc(C3CCCC[C@H](CCO)C3)n2n1. The van der Waals surface area contributed by atoms with E-state index in [1.165, 1.54) is 50.6 Å². The molecule has 1 saturated carbocycles. The molecule has 1 fully saturated rings. The van der Waals surface area contributed by atoms with Crippen LogP contribution >= 0.6 is 0 Å². The summed E-state index contributed by atoms with van der Waals surface area (Å²) in [5.74, 6) is 1.17. The standard InChI is InChI=1S/C20H31N3O/c1-3-4-9-18-14-20-21-15(2)12-19(23(20)22-18)17-8-6-5-7-16(13-17)10-11-24/h12,14,16-17,24H,3-11,13H2,1-2H3/t16-,17?/m1/s1. The maximum absolute atomic E-state index is 9.34. The largest absolute Gasteiger partial charge is 0.396 e. The van der Waals surface area contributed by atoms with Gasteiger partial charge >= 0.3 is 0 Å². The Kier molecular flexibility index (Phi) is 5.88. The molecule has 0 spiro atoms. The van der Waals surface area contributed by atoms with E-state index < -0.39 is 0 Å². The molecule has 1 aliphatic rings. The van der Waals surface area contributed by atoms with Gasteiger partial charge in [-0.05, 0) is 51.0 Å². The summed E-state index contributed by atoms with van der Waals surface area (Å²) >= 11 is 0. The highest BCUT2D eigenvalue weighted by molar-refractivity contribution is 5.42. The molecule has 0 bridgehead atoms. The zero-order chi connectivity index (χ0) is 16.9. The fourth-order valence-electron chi connectivity index (χ4n) is 4.12. The third-order valence-corrected chi connectivity index (χ3v) is 5.41. The van der Waals surface area contributed by atoms with Crippen LogP contribution in [-0.4, -0.2) is 26.3 Å². The molecule has 3 rings (SSSR count). The smallest absolute Gasteiger partial charge is 0.155 e. The molecule has 4 nitrogen and oxygen atoms in total. The number of hydrogen-bond donors (Lipinski definition) is 1. The van der Waals surface area contributed by atoms with Crippen LogP contribution in [0.15, 0.2) is 12.1 Å². The molecular weight excluding hydrogens is 298 g/mol. The van der Waals surface area contributed by atoms with Crippen LogP contribution in [0.4, 0.5) is 0 Å². The number of aromatic nitrogens is 3. The predicted molar refractivity (Wildman–Crippen MR) is 97.4 cm³/mol. The van der Waals surface area contributed by atoms with Gasteiger partial charge in [-0.2, -0.15) is 5.10 Å². The molecule has 0 amide bonds. The number of nitrogens with zero attached hydrogens (tertiary/aromatic N) is 3. The molecule has 0 aliphatic heterocycles. The highest BCUT2D eigenvalue weighted by Crippen LogP contribution is 2.36. The van der Waals surface area contributed by atoms with E-state index in [0.29, 0.717) is 18.4 Å². The van der Waals surface area contributed by atoms with E-state index >= 15 is 0 Å². The van der Waals surface area contributed by atoms with Gasteiger partial charge in [-0.15, -0.1) is 0 Å². The van der Waals surface area contributed by atoms with E-state index in [-0.39, 0.29) is 0 Å². The molecule has 4 heteroatoms. The second kappa shape index (κ2) is 8.11. The molecule has 1 aliphatic carbocycles. The number of fused-ring (bicyclic) bond motifs is 1. The predicted octanol–water partition coefficient (Wildman–Crippen LogP) is 4.43. The summed E-state index contributed by atoms with van der Waals surface area (Å²) in [7, 11) is 0. The molecule has 0 radical (unpaired) electrons. The Hall–Kier alpha value is -1.42. The monoisotopic (exact) mass is 329 g/mol. The van der Waals surface area contributed by atoms with Gasteiger partial charge in [0.15, 0.2) is 5.65 Å². The van der Waals surface area contributed by atoms with Crippen LogP contribution in [-0.2, 0) is 6.42 Å². The molecule has 2 heterocycles. The average Bonchev–Trinajstić information content (AvgIpc) is 2.82. The van der Waals surface area contributed by atoms with Gasteiger partial charge in [-0.3, -0.25) is 0 Å². The van der Waals surface area contributed by atoms with Gasteiger partial charge in [0.1, 0.15) is 0 Å². The molecular formula is C20H31N3O. The molecule has 24 heavy (non-hydrogen) atoms. The molecule has 1 N–H and O–H groups in total. The van der Waals surface area contributed by atoms with Crippen molar-refractivity contribution in [2.24, 2.45) is 5.92 Å². The third kappa shape index (κ3) is 3.97. The highest BCUT2D eigenvalue weighted by atomic mass is 16.3. The van der Waals surface area contributed by atoms with E-state index in [9.17, 15) is 5.11 Å². The summed E-state index contributed by atoms with van der Waals surface area (Å²) in [6.07, 6.45) is 10.6. The van der Waals surface area contributed by atoms with Gasteiger partial charge in [-0.1, -0.05) is 32.6 Å². The fraction of sp³-hybridized carbons (Fsp3) is 0.700. The van der Waals surface area contributed by atoms with Crippen molar-refractivity contribution in [2.45, 2.75) is 77.6 Å². The van der Waals surface area contributed by atoms with Crippen LogP contribution in [0.1, 0.15) is 81.3 Å². The molecule has 2 atom stereocenters. The maximum atomic E-state index is 9.34. The topological polar surface area (TPSA) is 50.4 Å². The van der Waals surface area contributed by atoms with Crippen molar-refractivity contribution < 1.29 is 5.11 Å². The van der Waals surface area contributed by atoms with E-state index in [0.717, 1.165) is 29.9 Å². The summed E-state index contributed by atoms with van der Waals surface area (Å²) in [4.78, 5) is 4.70. The van der Waals surface area contributed by atoms with Crippen molar-refractivity contribution in [3.8, 4) is 0 Å². The quantitative estimate of drug-likeness (QED) is 0.798. The summed E-state index contributed by atoms with van der Waals surface area (Å²) in [6.45, 7) is 4.62. The lowest BCUT2D eigenvalue weighted by Crippen LogP contribution is -2.12. The van der Waals surface area contributed by atoms with Crippen LogP contribution in [0.25, 0.3) is 5.65 Å². The highest BCUT2D eigenvalue weighted by Gasteiger charge is 2.24. The van der Waals surface area contributed by atoms with Crippen LogP contribution in [0, 0.1) is 12.8 Å². The Morgan fingerprint density at radius 2 is 2.08 bits per heavy atom. The molecule has 2 aromatic heterocycles. The summed E-state index contributed by atoms with van der Waals surface area (Å²) in [6, 6.07) is 4.39. The Morgan fingerprint density at radius 3 is 2.88 bits per heavy atom. The van der Waals surface area contributed by atoms with Crippen molar-refractivity contribution >= 4 is 5.65 Å². The number of aryl methyl sites for hydroxylation is 2. The molecule has 0 aromatic carbocycles.